The molecule has 3 heteroatoms. The van der Waals surface area contributed by atoms with Gasteiger partial charge in [-0.15, -0.1) is 0 Å². The standard InChI is InChI=1S/C16H28N2O/c1-12-5-4-6-13(2)15(12)11-18-9-7-14(8-10-18)16(19)17-3/h5,13-15H,4,6-11H2,1-3H3,(H,17,19)/t13-,15-/m1/s1. The second-order valence-electron chi connectivity index (χ2n) is 6.30. The van der Waals surface area contributed by atoms with Gasteiger partial charge < -0.3 is 10.2 Å². The lowest BCUT2D eigenvalue weighted by Gasteiger charge is -2.37. The predicted molar refractivity (Wildman–Crippen MR) is 78.9 cm³/mol. The molecular formula is C16H28N2O. The van der Waals surface area contributed by atoms with Crippen LogP contribution < -0.4 is 5.32 Å². The number of hydrogen-bond acceptors (Lipinski definition) is 2. The maximum absolute atomic E-state index is 11.6. The van der Waals surface area contributed by atoms with Crippen LogP contribution in [-0.2, 0) is 4.79 Å². The fourth-order valence-corrected chi connectivity index (χ4v) is 3.56. The molecule has 1 heterocycles. The zero-order chi connectivity index (χ0) is 13.8. The fourth-order valence-electron chi connectivity index (χ4n) is 3.56. The van der Waals surface area contributed by atoms with Crippen LogP contribution in [-0.4, -0.2) is 37.5 Å². The normalized spacial score (nSPS) is 29.9. The van der Waals surface area contributed by atoms with Crippen molar-refractivity contribution in [3.8, 4) is 0 Å². The predicted octanol–water partition coefficient (Wildman–Crippen LogP) is 2.44. The van der Waals surface area contributed by atoms with Crippen LogP contribution >= 0.6 is 0 Å². The molecule has 0 aromatic carbocycles. The van der Waals surface area contributed by atoms with E-state index in [1.807, 2.05) is 0 Å². The molecule has 0 aromatic heterocycles. The first-order chi connectivity index (χ1) is 9.11. The van der Waals surface area contributed by atoms with Gasteiger partial charge in [-0.05, 0) is 57.5 Å². The summed E-state index contributed by atoms with van der Waals surface area (Å²) in [4.78, 5) is 14.2. The molecule has 1 aliphatic carbocycles. The molecule has 1 aliphatic heterocycles. The van der Waals surface area contributed by atoms with Gasteiger partial charge >= 0.3 is 0 Å². The lowest BCUT2D eigenvalue weighted by molar-refractivity contribution is -0.125. The van der Waals surface area contributed by atoms with Gasteiger partial charge in [-0.1, -0.05) is 18.6 Å². The third-order valence-electron chi connectivity index (χ3n) is 5.02. The summed E-state index contributed by atoms with van der Waals surface area (Å²) in [7, 11) is 1.74. The molecule has 0 bridgehead atoms. The minimum atomic E-state index is 0.224. The summed E-state index contributed by atoms with van der Waals surface area (Å²) in [5.74, 6) is 2.00. The summed E-state index contributed by atoms with van der Waals surface area (Å²) < 4.78 is 0. The van der Waals surface area contributed by atoms with E-state index in [1.165, 1.54) is 19.4 Å². The molecule has 2 atom stereocenters. The number of carbonyl (C=O) groups is 1. The molecule has 1 N–H and O–H groups in total. The molecule has 1 saturated heterocycles. The third-order valence-corrected chi connectivity index (χ3v) is 5.02. The van der Waals surface area contributed by atoms with Gasteiger partial charge in [0.1, 0.15) is 0 Å². The van der Waals surface area contributed by atoms with Crippen LogP contribution in [0.1, 0.15) is 39.5 Å². The van der Waals surface area contributed by atoms with Crippen molar-refractivity contribution in [2.45, 2.75) is 39.5 Å². The van der Waals surface area contributed by atoms with E-state index in [4.69, 9.17) is 0 Å². The van der Waals surface area contributed by atoms with Gasteiger partial charge in [0.25, 0.3) is 0 Å². The van der Waals surface area contributed by atoms with Crippen molar-refractivity contribution in [2.75, 3.05) is 26.7 Å². The highest BCUT2D eigenvalue weighted by molar-refractivity contribution is 5.78. The lowest BCUT2D eigenvalue weighted by atomic mass is 9.79. The molecule has 19 heavy (non-hydrogen) atoms. The first kappa shape index (κ1) is 14.6. The van der Waals surface area contributed by atoms with Gasteiger partial charge in [-0.2, -0.15) is 0 Å². The van der Waals surface area contributed by atoms with Crippen LogP contribution in [0.5, 0.6) is 0 Å². The Bertz CT molecular complexity index is 343. The number of nitrogens with zero attached hydrogens (tertiary/aromatic N) is 1. The second-order valence-corrected chi connectivity index (χ2v) is 6.30. The van der Waals surface area contributed by atoms with E-state index in [9.17, 15) is 4.79 Å². The Morgan fingerprint density at radius 1 is 1.37 bits per heavy atom. The van der Waals surface area contributed by atoms with Gasteiger partial charge in [0.05, 0.1) is 0 Å². The van der Waals surface area contributed by atoms with Gasteiger partial charge in [0.2, 0.25) is 5.91 Å². The van der Waals surface area contributed by atoms with Crippen LogP contribution in [0.3, 0.4) is 0 Å². The summed E-state index contributed by atoms with van der Waals surface area (Å²) in [5.41, 5.74) is 1.58. The van der Waals surface area contributed by atoms with Gasteiger partial charge in [-0.3, -0.25) is 4.79 Å². The smallest absolute Gasteiger partial charge is 0.222 e. The van der Waals surface area contributed by atoms with Gasteiger partial charge in [-0.25, -0.2) is 0 Å². The average Bonchev–Trinajstić information content (AvgIpc) is 2.43. The van der Waals surface area contributed by atoms with Crippen molar-refractivity contribution in [2.24, 2.45) is 17.8 Å². The van der Waals surface area contributed by atoms with Crippen molar-refractivity contribution < 1.29 is 4.79 Å². The van der Waals surface area contributed by atoms with Crippen LogP contribution in [0.4, 0.5) is 0 Å². The Morgan fingerprint density at radius 3 is 2.63 bits per heavy atom. The van der Waals surface area contributed by atoms with E-state index in [0.29, 0.717) is 0 Å². The summed E-state index contributed by atoms with van der Waals surface area (Å²) >= 11 is 0. The maximum Gasteiger partial charge on any atom is 0.222 e. The molecule has 2 aliphatic rings. The van der Waals surface area contributed by atoms with Crippen molar-refractivity contribution in [1.29, 1.82) is 0 Å². The Balaban J connectivity index is 1.84. The number of piperidine rings is 1. The van der Waals surface area contributed by atoms with Crippen molar-refractivity contribution in [3.63, 3.8) is 0 Å². The Kier molecular flexibility index (Phi) is 5.03. The monoisotopic (exact) mass is 264 g/mol. The number of nitrogens with one attached hydrogen (secondary N) is 1. The van der Waals surface area contributed by atoms with E-state index >= 15 is 0 Å². The minimum absolute atomic E-state index is 0.224. The Labute approximate surface area is 117 Å². The van der Waals surface area contributed by atoms with Crippen LogP contribution in [0.15, 0.2) is 11.6 Å². The molecule has 3 nitrogen and oxygen atoms in total. The molecule has 108 valence electrons. The Morgan fingerprint density at radius 2 is 2.05 bits per heavy atom. The highest BCUT2D eigenvalue weighted by Crippen LogP contribution is 2.31. The number of carbonyl (C=O) groups excluding carboxylic acids is 1. The summed E-state index contributed by atoms with van der Waals surface area (Å²) in [5, 5.41) is 2.78. The lowest BCUT2D eigenvalue weighted by Crippen LogP contribution is -2.42. The van der Waals surface area contributed by atoms with E-state index in [2.05, 4.69) is 30.1 Å². The maximum atomic E-state index is 11.6. The van der Waals surface area contributed by atoms with E-state index in [-0.39, 0.29) is 11.8 Å². The molecule has 0 spiro atoms. The van der Waals surface area contributed by atoms with Crippen LogP contribution in [0.2, 0.25) is 0 Å². The quantitative estimate of drug-likeness (QED) is 0.794. The molecule has 0 aromatic rings. The fraction of sp³-hybridized carbons (Fsp3) is 0.812. The number of likely N-dealkylation sites (tertiary alicyclic amines) is 1. The van der Waals surface area contributed by atoms with Crippen molar-refractivity contribution in [1.82, 2.24) is 10.2 Å². The van der Waals surface area contributed by atoms with Crippen LogP contribution in [0.25, 0.3) is 0 Å². The molecule has 0 saturated carbocycles. The number of rotatable bonds is 3. The number of amides is 1. The zero-order valence-electron chi connectivity index (χ0n) is 12.6. The molecule has 2 rings (SSSR count). The van der Waals surface area contributed by atoms with Crippen molar-refractivity contribution in [3.05, 3.63) is 11.6 Å². The minimum Gasteiger partial charge on any atom is -0.359 e. The highest BCUT2D eigenvalue weighted by Gasteiger charge is 2.28. The molecule has 1 fully saturated rings. The number of hydrogen-bond donors (Lipinski definition) is 1. The first-order valence-corrected chi connectivity index (χ1v) is 7.72. The molecule has 1 amide bonds. The van der Waals surface area contributed by atoms with Gasteiger partial charge in [0, 0.05) is 19.5 Å². The van der Waals surface area contributed by atoms with E-state index in [1.54, 1.807) is 12.6 Å². The van der Waals surface area contributed by atoms with Crippen molar-refractivity contribution >= 4 is 5.91 Å². The number of allylic oxidation sites excluding steroid dienone is 1. The van der Waals surface area contributed by atoms with Gasteiger partial charge in [0.15, 0.2) is 0 Å². The second kappa shape index (κ2) is 6.56. The third kappa shape index (κ3) is 3.59. The highest BCUT2D eigenvalue weighted by atomic mass is 16.1. The molecular weight excluding hydrogens is 236 g/mol. The van der Waals surface area contributed by atoms with E-state index in [0.717, 1.165) is 37.8 Å². The Hall–Kier alpha value is -0.830. The molecule has 0 unspecified atom stereocenters. The SMILES string of the molecule is CNC(=O)C1CCN(C[C@@H]2C(C)=CCC[C@H]2C)CC1. The topological polar surface area (TPSA) is 32.3 Å². The molecule has 0 radical (unpaired) electrons. The summed E-state index contributed by atoms with van der Waals surface area (Å²) in [6.07, 6.45) is 7.04. The summed E-state index contributed by atoms with van der Waals surface area (Å²) in [6.45, 7) is 8.02. The summed E-state index contributed by atoms with van der Waals surface area (Å²) in [6, 6.07) is 0. The average molecular weight is 264 g/mol. The largest absolute Gasteiger partial charge is 0.359 e. The van der Waals surface area contributed by atoms with E-state index < -0.39 is 0 Å². The first-order valence-electron chi connectivity index (χ1n) is 7.72. The zero-order valence-corrected chi connectivity index (χ0v) is 12.6. The van der Waals surface area contributed by atoms with Crippen LogP contribution in [0, 0.1) is 17.8 Å².